The molecule has 0 aromatic rings. The summed E-state index contributed by atoms with van der Waals surface area (Å²) in [4.78, 5) is 22.6. The molecular weight excluding hydrogens is 358 g/mol. The number of ether oxygens (including phenoxy) is 4. The highest BCUT2D eigenvalue weighted by atomic mass is 32.2. The predicted molar refractivity (Wildman–Crippen MR) is 104 cm³/mol. The number of hydrogen-bond acceptors (Lipinski definition) is 7. The molecule has 154 valence electrons. The van der Waals surface area contributed by atoms with E-state index in [-0.39, 0.29) is 11.0 Å². The van der Waals surface area contributed by atoms with Crippen LogP contribution in [0.15, 0.2) is 0 Å². The van der Waals surface area contributed by atoms with E-state index in [0.717, 1.165) is 18.6 Å². The SMILES string of the molecule is CCCCC(=O)NCCOCCOCCOCCOCCC(=O)SCC. The predicted octanol–water partition coefficient (Wildman–Crippen LogP) is 2.03. The number of thioether (sulfide) groups is 1. The standard InChI is InChI=1S/C18H35NO6S/c1-3-5-6-17(20)19-8-10-23-12-14-25-16-15-24-13-11-22-9-7-18(21)26-4-2/h3-16H2,1-2H3,(H,19,20). The van der Waals surface area contributed by atoms with Crippen molar-refractivity contribution in [1.29, 1.82) is 0 Å². The lowest BCUT2D eigenvalue weighted by molar-refractivity contribution is -0.121. The van der Waals surface area contributed by atoms with Gasteiger partial charge in [0.15, 0.2) is 5.12 Å². The van der Waals surface area contributed by atoms with Gasteiger partial charge in [0, 0.05) is 19.4 Å². The normalized spacial score (nSPS) is 10.8. The summed E-state index contributed by atoms with van der Waals surface area (Å²) in [5.74, 6) is 0.891. The third kappa shape index (κ3) is 19.7. The van der Waals surface area contributed by atoms with Crippen LogP contribution in [0.3, 0.4) is 0 Å². The molecule has 0 spiro atoms. The number of hydrogen-bond donors (Lipinski definition) is 1. The fraction of sp³-hybridized carbons (Fsp3) is 0.889. The van der Waals surface area contributed by atoms with Gasteiger partial charge in [0.25, 0.3) is 0 Å². The second kappa shape index (κ2) is 20.6. The first kappa shape index (κ1) is 25.3. The van der Waals surface area contributed by atoms with Crippen molar-refractivity contribution in [1.82, 2.24) is 5.32 Å². The lowest BCUT2D eigenvalue weighted by Gasteiger charge is -2.08. The Hall–Kier alpha value is -0.670. The van der Waals surface area contributed by atoms with Crippen molar-refractivity contribution in [2.75, 3.05) is 65.2 Å². The molecule has 8 heteroatoms. The van der Waals surface area contributed by atoms with E-state index in [1.165, 1.54) is 11.8 Å². The molecule has 0 aromatic heterocycles. The van der Waals surface area contributed by atoms with Crippen molar-refractivity contribution < 1.29 is 28.5 Å². The van der Waals surface area contributed by atoms with Crippen LogP contribution >= 0.6 is 11.8 Å². The van der Waals surface area contributed by atoms with Crippen molar-refractivity contribution in [3.8, 4) is 0 Å². The van der Waals surface area contributed by atoms with Crippen molar-refractivity contribution >= 4 is 22.8 Å². The summed E-state index contributed by atoms with van der Waals surface area (Å²) in [5, 5.41) is 2.98. The molecule has 1 amide bonds. The summed E-state index contributed by atoms with van der Waals surface area (Å²) in [6, 6.07) is 0. The van der Waals surface area contributed by atoms with Crippen LogP contribution in [0.4, 0.5) is 0 Å². The minimum Gasteiger partial charge on any atom is -0.379 e. The Bertz CT molecular complexity index is 344. The molecule has 0 aliphatic rings. The van der Waals surface area contributed by atoms with Crippen molar-refractivity contribution in [3.63, 3.8) is 0 Å². The number of carbonyl (C=O) groups is 2. The van der Waals surface area contributed by atoms with Gasteiger partial charge in [-0.25, -0.2) is 0 Å². The lowest BCUT2D eigenvalue weighted by atomic mass is 10.2. The fourth-order valence-corrected chi connectivity index (χ4v) is 2.39. The zero-order valence-corrected chi connectivity index (χ0v) is 17.1. The number of rotatable bonds is 19. The van der Waals surface area contributed by atoms with Gasteiger partial charge in [-0.3, -0.25) is 9.59 Å². The fourth-order valence-electron chi connectivity index (χ4n) is 1.84. The van der Waals surface area contributed by atoms with Gasteiger partial charge in [-0.2, -0.15) is 0 Å². The highest BCUT2D eigenvalue weighted by molar-refractivity contribution is 8.13. The van der Waals surface area contributed by atoms with E-state index in [2.05, 4.69) is 12.2 Å². The molecule has 0 aliphatic carbocycles. The van der Waals surface area contributed by atoms with Gasteiger partial charge in [-0.05, 0) is 12.2 Å². The van der Waals surface area contributed by atoms with Crippen LogP contribution in [0.2, 0.25) is 0 Å². The van der Waals surface area contributed by atoms with Crippen LogP contribution in [0.5, 0.6) is 0 Å². The second-order valence-electron chi connectivity index (χ2n) is 5.46. The molecule has 0 unspecified atom stereocenters. The van der Waals surface area contributed by atoms with E-state index in [9.17, 15) is 9.59 Å². The first-order chi connectivity index (χ1) is 12.7. The van der Waals surface area contributed by atoms with Gasteiger partial charge in [-0.1, -0.05) is 32.0 Å². The van der Waals surface area contributed by atoms with Gasteiger partial charge >= 0.3 is 0 Å². The van der Waals surface area contributed by atoms with Crippen LogP contribution in [0.1, 0.15) is 39.5 Å². The third-order valence-corrected chi connectivity index (χ3v) is 4.01. The lowest BCUT2D eigenvalue weighted by Crippen LogP contribution is -2.27. The number of amides is 1. The summed E-state index contributed by atoms with van der Waals surface area (Å²) in [6.45, 7) is 8.48. The average Bonchev–Trinajstić information content (AvgIpc) is 2.63. The summed E-state index contributed by atoms with van der Waals surface area (Å²) < 4.78 is 21.4. The van der Waals surface area contributed by atoms with Crippen LogP contribution < -0.4 is 5.32 Å². The van der Waals surface area contributed by atoms with E-state index < -0.39 is 0 Å². The molecule has 0 atom stereocenters. The van der Waals surface area contributed by atoms with Gasteiger partial charge in [0.2, 0.25) is 5.91 Å². The maximum absolute atomic E-state index is 11.3. The molecule has 7 nitrogen and oxygen atoms in total. The second-order valence-corrected chi connectivity index (χ2v) is 6.78. The molecule has 0 saturated heterocycles. The van der Waals surface area contributed by atoms with E-state index in [1.807, 2.05) is 6.92 Å². The first-order valence-electron chi connectivity index (χ1n) is 9.44. The quantitative estimate of drug-likeness (QED) is 0.336. The third-order valence-electron chi connectivity index (χ3n) is 3.20. The Balaban J connectivity index is 3.11. The van der Waals surface area contributed by atoms with E-state index in [0.29, 0.717) is 72.2 Å². The molecule has 0 fully saturated rings. The largest absolute Gasteiger partial charge is 0.379 e. The minimum absolute atomic E-state index is 0.0827. The van der Waals surface area contributed by atoms with Crippen LogP contribution in [-0.4, -0.2) is 76.2 Å². The zero-order valence-electron chi connectivity index (χ0n) is 16.3. The van der Waals surface area contributed by atoms with Crippen molar-refractivity contribution in [2.24, 2.45) is 0 Å². The van der Waals surface area contributed by atoms with E-state index >= 15 is 0 Å². The Morgan fingerprint density at radius 1 is 0.769 bits per heavy atom. The molecule has 26 heavy (non-hydrogen) atoms. The van der Waals surface area contributed by atoms with E-state index in [4.69, 9.17) is 18.9 Å². The number of nitrogens with one attached hydrogen (secondary N) is 1. The minimum atomic E-state index is 0.0827. The van der Waals surface area contributed by atoms with Gasteiger partial charge in [0.1, 0.15) is 0 Å². The maximum Gasteiger partial charge on any atom is 0.220 e. The van der Waals surface area contributed by atoms with Gasteiger partial charge in [0.05, 0.1) is 52.9 Å². The summed E-state index contributed by atoms with van der Waals surface area (Å²) in [7, 11) is 0. The number of unbranched alkanes of at least 4 members (excludes halogenated alkanes) is 1. The zero-order chi connectivity index (χ0) is 19.3. The molecule has 0 bridgehead atoms. The molecule has 0 saturated carbocycles. The molecule has 0 aliphatic heterocycles. The van der Waals surface area contributed by atoms with E-state index in [1.54, 1.807) is 0 Å². The Morgan fingerprint density at radius 3 is 1.85 bits per heavy atom. The average molecular weight is 394 g/mol. The van der Waals surface area contributed by atoms with Crippen LogP contribution in [0, 0.1) is 0 Å². The highest BCUT2D eigenvalue weighted by Crippen LogP contribution is 2.03. The maximum atomic E-state index is 11.3. The topological polar surface area (TPSA) is 83.1 Å². The highest BCUT2D eigenvalue weighted by Gasteiger charge is 2.00. The van der Waals surface area contributed by atoms with Crippen LogP contribution in [0.25, 0.3) is 0 Å². The first-order valence-corrected chi connectivity index (χ1v) is 10.4. The molecule has 0 heterocycles. The smallest absolute Gasteiger partial charge is 0.220 e. The molecular formula is C18H35NO6S. The monoisotopic (exact) mass is 393 g/mol. The van der Waals surface area contributed by atoms with Crippen molar-refractivity contribution in [2.45, 2.75) is 39.5 Å². The Kier molecular flexibility index (Phi) is 20.1. The van der Waals surface area contributed by atoms with Crippen molar-refractivity contribution in [3.05, 3.63) is 0 Å². The molecule has 0 rings (SSSR count). The van der Waals surface area contributed by atoms with Gasteiger partial charge in [-0.15, -0.1) is 0 Å². The van der Waals surface area contributed by atoms with Gasteiger partial charge < -0.3 is 24.3 Å². The molecule has 0 aromatic carbocycles. The molecule has 0 radical (unpaired) electrons. The summed E-state index contributed by atoms with van der Waals surface area (Å²) in [6.07, 6.45) is 2.98. The Morgan fingerprint density at radius 2 is 1.31 bits per heavy atom. The van der Waals surface area contributed by atoms with Crippen LogP contribution in [-0.2, 0) is 28.5 Å². The Labute approximate surface area is 161 Å². The summed E-state index contributed by atoms with van der Waals surface area (Å²) >= 11 is 1.33. The summed E-state index contributed by atoms with van der Waals surface area (Å²) in [5.41, 5.74) is 0. The number of carbonyl (C=O) groups excluding carboxylic acids is 2. The molecule has 1 N–H and O–H groups in total.